The monoisotopic (exact) mass is 145 g/mol. The zero-order valence-electron chi connectivity index (χ0n) is 5.91. The summed E-state index contributed by atoms with van der Waals surface area (Å²) in [4.78, 5) is 12.3. The molecule has 1 atom stereocenters. The zero-order valence-corrected chi connectivity index (χ0v) is 5.91. The van der Waals surface area contributed by atoms with Crippen LogP contribution in [0.25, 0.3) is 0 Å². The van der Waals surface area contributed by atoms with Crippen molar-refractivity contribution >= 4 is 6.09 Å². The van der Waals surface area contributed by atoms with Crippen LogP contribution in [0.1, 0.15) is 6.92 Å². The number of nitrogens with zero attached hydrogens (tertiary/aromatic N) is 1. The fourth-order valence-electron chi connectivity index (χ4n) is 0.904. The molecule has 0 radical (unpaired) electrons. The molecule has 1 aliphatic rings. The van der Waals surface area contributed by atoms with E-state index in [1.165, 1.54) is 4.90 Å². The Morgan fingerprint density at radius 2 is 2.60 bits per heavy atom. The lowest BCUT2D eigenvalue weighted by Crippen LogP contribution is -2.36. The fraction of sp³-hybridized carbons (Fsp3) is 0.833. The number of aliphatic hydroxyl groups excluding tert-OH is 1. The third kappa shape index (κ3) is 1.21. The number of carbonyl (C=O) groups is 1. The van der Waals surface area contributed by atoms with Gasteiger partial charge in [0.1, 0.15) is 6.61 Å². The van der Waals surface area contributed by atoms with Crippen LogP contribution in [-0.2, 0) is 4.74 Å². The molecule has 1 fully saturated rings. The van der Waals surface area contributed by atoms with Gasteiger partial charge in [0.25, 0.3) is 0 Å². The molecule has 1 aliphatic heterocycles. The van der Waals surface area contributed by atoms with E-state index in [9.17, 15) is 4.79 Å². The van der Waals surface area contributed by atoms with Crippen molar-refractivity contribution in [3.05, 3.63) is 0 Å². The van der Waals surface area contributed by atoms with Gasteiger partial charge in [0, 0.05) is 0 Å². The van der Waals surface area contributed by atoms with Crippen LogP contribution in [0, 0.1) is 0 Å². The van der Waals surface area contributed by atoms with Gasteiger partial charge in [-0.1, -0.05) is 0 Å². The number of amides is 1. The smallest absolute Gasteiger partial charge is 0.410 e. The highest BCUT2D eigenvalue weighted by molar-refractivity contribution is 5.69. The van der Waals surface area contributed by atoms with E-state index in [2.05, 4.69) is 4.74 Å². The first-order chi connectivity index (χ1) is 4.75. The minimum Gasteiger partial charge on any atom is -0.448 e. The normalized spacial score (nSPS) is 21.0. The van der Waals surface area contributed by atoms with E-state index < -0.39 is 0 Å². The van der Waals surface area contributed by atoms with Crippen LogP contribution in [0.4, 0.5) is 4.79 Å². The van der Waals surface area contributed by atoms with Crippen molar-refractivity contribution in [3.8, 4) is 0 Å². The molecule has 1 heterocycles. The first kappa shape index (κ1) is 7.34. The number of hydrogen-bond donors (Lipinski definition) is 1. The van der Waals surface area contributed by atoms with Gasteiger partial charge < -0.3 is 9.84 Å². The van der Waals surface area contributed by atoms with Gasteiger partial charge in [-0.25, -0.2) is 4.79 Å². The molecule has 1 amide bonds. The van der Waals surface area contributed by atoms with Crippen LogP contribution in [0.2, 0.25) is 0 Å². The van der Waals surface area contributed by atoms with Gasteiger partial charge in [-0.3, -0.25) is 4.90 Å². The molecule has 0 aromatic heterocycles. The van der Waals surface area contributed by atoms with E-state index in [1.807, 2.05) is 0 Å². The van der Waals surface area contributed by atoms with Crippen molar-refractivity contribution in [2.75, 3.05) is 19.8 Å². The van der Waals surface area contributed by atoms with Crippen LogP contribution in [0.3, 0.4) is 0 Å². The first-order valence-electron chi connectivity index (χ1n) is 3.30. The van der Waals surface area contributed by atoms with Gasteiger partial charge >= 0.3 is 6.09 Å². The summed E-state index contributed by atoms with van der Waals surface area (Å²) in [5.74, 6) is 0. The first-order valence-corrected chi connectivity index (χ1v) is 3.30. The van der Waals surface area contributed by atoms with Crippen molar-refractivity contribution in [2.24, 2.45) is 0 Å². The molecular formula is C6H11NO3. The topological polar surface area (TPSA) is 49.8 Å². The highest BCUT2D eigenvalue weighted by atomic mass is 16.6. The maximum atomic E-state index is 10.8. The molecule has 58 valence electrons. The Kier molecular flexibility index (Phi) is 2.11. The predicted molar refractivity (Wildman–Crippen MR) is 34.6 cm³/mol. The summed E-state index contributed by atoms with van der Waals surface area (Å²) in [6, 6.07) is -0.116. The van der Waals surface area contributed by atoms with Crippen molar-refractivity contribution in [1.82, 2.24) is 4.90 Å². The van der Waals surface area contributed by atoms with E-state index in [1.54, 1.807) is 6.92 Å². The second-order valence-electron chi connectivity index (χ2n) is 2.34. The maximum Gasteiger partial charge on any atom is 0.410 e. The molecule has 1 saturated heterocycles. The van der Waals surface area contributed by atoms with E-state index >= 15 is 0 Å². The third-order valence-electron chi connectivity index (χ3n) is 1.59. The van der Waals surface area contributed by atoms with E-state index in [0.717, 1.165) is 0 Å². The molecule has 0 aromatic carbocycles. The largest absolute Gasteiger partial charge is 0.448 e. The van der Waals surface area contributed by atoms with Gasteiger partial charge in [0.05, 0.1) is 19.2 Å². The van der Waals surface area contributed by atoms with Crippen molar-refractivity contribution in [3.63, 3.8) is 0 Å². The highest BCUT2D eigenvalue weighted by Gasteiger charge is 2.25. The second-order valence-corrected chi connectivity index (χ2v) is 2.34. The summed E-state index contributed by atoms with van der Waals surface area (Å²) >= 11 is 0. The fourth-order valence-corrected chi connectivity index (χ4v) is 0.904. The van der Waals surface area contributed by atoms with Crippen molar-refractivity contribution in [1.29, 1.82) is 0 Å². The van der Waals surface area contributed by atoms with Gasteiger partial charge in [-0.05, 0) is 6.92 Å². The average Bonchev–Trinajstić information content (AvgIpc) is 2.34. The molecule has 1 N–H and O–H groups in total. The molecule has 0 aliphatic carbocycles. The van der Waals surface area contributed by atoms with Gasteiger partial charge in [-0.15, -0.1) is 0 Å². The Labute approximate surface area is 59.4 Å². The summed E-state index contributed by atoms with van der Waals surface area (Å²) in [5, 5.41) is 8.66. The molecule has 10 heavy (non-hydrogen) atoms. The summed E-state index contributed by atoms with van der Waals surface area (Å²) in [6.45, 7) is 2.82. The van der Waals surface area contributed by atoms with Gasteiger partial charge in [0.2, 0.25) is 0 Å². The van der Waals surface area contributed by atoms with Crippen LogP contribution >= 0.6 is 0 Å². The SMILES string of the molecule is CC(CO)N1CCOC1=O. The Morgan fingerprint density at radius 1 is 1.90 bits per heavy atom. The molecule has 0 saturated carbocycles. The Balaban J connectivity index is 2.46. The number of rotatable bonds is 2. The van der Waals surface area contributed by atoms with Crippen LogP contribution in [0.15, 0.2) is 0 Å². The lowest BCUT2D eigenvalue weighted by molar-refractivity contribution is 0.131. The molecule has 4 nitrogen and oxygen atoms in total. The quantitative estimate of drug-likeness (QED) is 0.586. The molecular weight excluding hydrogens is 134 g/mol. The number of carbonyl (C=O) groups excluding carboxylic acids is 1. The Morgan fingerprint density at radius 3 is 3.00 bits per heavy atom. The number of cyclic esters (lactones) is 1. The van der Waals surface area contributed by atoms with E-state index in [4.69, 9.17) is 5.11 Å². The predicted octanol–water partition coefficient (Wildman–Crippen LogP) is -0.181. The number of hydrogen-bond acceptors (Lipinski definition) is 3. The van der Waals surface area contributed by atoms with E-state index in [-0.39, 0.29) is 18.7 Å². The lowest BCUT2D eigenvalue weighted by Gasteiger charge is -2.18. The zero-order chi connectivity index (χ0) is 7.56. The maximum absolute atomic E-state index is 10.8. The number of ether oxygens (including phenoxy) is 1. The minimum absolute atomic E-state index is 0.00486. The summed E-state index contributed by atoms with van der Waals surface area (Å²) in [7, 11) is 0. The molecule has 1 rings (SSSR count). The summed E-state index contributed by atoms with van der Waals surface area (Å²) in [6.07, 6.45) is -0.318. The number of aliphatic hydroxyl groups is 1. The van der Waals surface area contributed by atoms with E-state index in [0.29, 0.717) is 13.2 Å². The van der Waals surface area contributed by atoms with Crippen LogP contribution in [-0.4, -0.2) is 41.9 Å². The minimum atomic E-state index is -0.318. The van der Waals surface area contributed by atoms with Crippen LogP contribution in [0.5, 0.6) is 0 Å². The van der Waals surface area contributed by atoms with Crippen LogP contribution < -0.4 is 0 Å². The molecule has 0 bridgehead atoms. The Bertz CT molecular complexity index is 137. The molecule has 4 heteroatoms. The van der Waals surface area contributed by atoms with Crippen molar-refractivity contribution < 1.29 is 14.6 Å². The standard InChI is InChI=1S/C6H11NO3/c1-5(4-8)7-2-3-10-6(7)9/h5,8H,2-4H2,1H3. The highest BCUT2D eigenvalue weighted by Crippen LogP contribution is 2.07. The summed E-state index contributed by atoms with van der Waals surface area (Å²) in [5.41, 5.74) is 0. The average molecular weight is 145 g/mol. The molecule has 0 aromatic rings. The molecule has 1 unspecified atom stereocenters. The third-order valence-corrected chi connectivity index (χ3v) is 1.59. The van der Waals surface area contributed by atoms with Gasteiger partial charge in [-0.2, -0.15) is 0 Å². The van der Waals surface area contributed by atoms with Gasteiger partial charge in [0.15, 0.2) is 0 Å². The lowest BCUT2D eigenvalue weighted by atomic mass is 10.3. The van der Waals surface area contributed by atoms with Crippen molar-refractivity contribution in [2.45, 2.75) is 13.0 Å². The second kappa shape index (κ2) is 2.88. The summed E-state index contributed by atoms with van der Waals surface area (Å²) < 4.78 is 4.66. The molecule has 0 spiro atoms. The Hall–Kier alpha value is -0.770.